The molecule has 0 radical (unpaired) electrons. The van der Waals surface area contributed by atoms with E-state index in [-0.39, 0.29) is 16.8 Å². The third-order valence-corrected chi connectivity index (χ3v) is 6.67. The van der Waals surface area contributed by atoms with Gasteiger partial charge in [0, 0.05) is 5.56 Å². The summed E-state index contributed by atoms with van der Waals surface area (Å²) in [5, 5.41) is 3.11. The molecule has 3 rings (SSSR count). The minimum absolute atomic E-state index is 0.127. The Morgan fingerprint density at radius 2 is 1.56 bits per heavy atom. The maximum absolute atomic E-state index is 13.1. The topological polar surface area (TPSA) is 75.3 Å². The van der Waals surface area contributed by atoms with Crippen molar-refractivity contribution < 1.29 is 13.2 Å². The van der Waals surface area contributed by atoms with Crippen LogP contribution >= 0.6 is 0 Å². The van der Waals surface area contributed by atoms with Gasteiger partial charge in [-0.15, -0.1) is 0 Å². The van der Waals surface area contributed by atoms with Gasteiger partial charge in [-0.2, -0.15) is 0 Å². The van der Waals surface area contributed by atoms with Crippen LogP contribution in [-0.4, -0.2) is 14.3 Å². The van der Waals surface area contributed by atoms with Gasteiger partial charge in [0.1, 0.15) is 0 Å². The summed E-state index contributed by atoms with van der Waals surface area (Å²) in [6, 6.07) is 21.4. The van der Waals surface area contributed by atoms with Crippen molar-refractivity contribution in [1.29, 1.82) is 0 Å². The van der Waals surface area contributed by atoms with E-state index in [1.807, 2.05) is 37.3 Å². The van der Waals surface area contributed by atoms with Gasteiger partial charge in [-0.25, -0.2) is 8.42 Å². The number of carbonyl (C=O) groups excluding carboxylic acids is 1. The van der Waals surface area contributed by atoms with Crippen LogP contribution in [0.1, 0.15) is 53.4 Å². The molecule has 0 unspecified atom stereocenters. The summed E-state index contributed by atoms with van der Waals surface area (Å²) >= 11 is 0. The Hall–Kier alpha value is -3.12. The van der Waals surface area contributed by atoms with E-state index in [1.54, 1.807) is 49.4 Å². The van der Waals surface area contributed by atoms with Crippen molar-refractivity contribution in [2.75, 3.05) is 4.72 Å². The number of hydrogen-bond acceptors (Lipinski definition) is 3. The molecule has 0 fully saturated rings. The molecule has 0 spiro atoms. The van der Waals surface area contributed by atoms with Crippen LogP contribution in [0.25, 0.3) is 0 Å². The highest BCUT2D eigenvalue weighted by atomic mass is 32.2. The summed E-state index contributed by atoms with van der Waals surface area (Å²) in [7, 11) is -3.76. The molecule has 0 heterocycles. The Bertz CT molecular complexity index is 1170. The average Bonchev–Trinajstić information content (AvgIpc) is 2.75. The number of aryl methyl sites for hydroxylation is 2. The van der Waals surface area contributed by atoms with Gasteiger partial charge in [-0.3, -0.25) is 9.52 Å². The van der Waals surface area contributed by atoms with E-state index < -0.39 is 10.0 Å². The smallest absolute Gasteiger partial charge is 0.261 e. The maximum atomic E-state index is 13.1. The predicted molar refractivity (Wildman–Crippen MR) is 129 cm³/mol. The number of anilines is 1. The minimum Gasteiger partial charge on any atom is -0.345 e. The van der Waals surface area contributed by atoms with Crippen molar-refractivity contribution in [3.8, 4) is 0 Å². The van der Waals surface area contributed by atoms with E-state index in [0.29, 0.717) is 17.2 Å². The summed E-state index contributed by atoms with van der Waals surface area (Å²) in [5.41, 5.74) is 3.55. The second-order valence-corrected chi connectivity index (χ2v) is 10.2. The molecule has 0 saturated carbocycles. The SMILES string of the molecule is Cc1ccc(S(=O)(=O)Nc2cc(C(=O)N[C@@H](CC(C)C)c3ccccc3)ccc2C)cc1. The van der Waals surface area contributed by atoms with E-state index in [1.165, 1.54) is 0 Å². The number of sulfonamides is 1. The summed E-state index contributed by atoms with van der Waals surface area (Å²) in [6.07, 6.45) is 0.800. The highest BCUT2D eigenvalue weighted by Gasteiger charge is 2.19. The largest absolute Gasteiger partial charge is 0.345 e. The number of amides is 1. The molecular weight excluding hydrogens is 420 g/mol. The van der Waals surface area contributed by atoms with Crippen molar-refractivity contribution >= 4 is 21.6 Å². The Labute approximate surface area is 190 Å². The molecule has 168 valence electrons. The van der Waals surface area contributed by atoms with Crippen LogP contribution in [0.2, 0.25) is 0 Å². The minimum atomic E-state index is -3.76. The third kappa shape index (κ3) is 5.98. The molecule has 3 aromatic rings. The van der Waals surface area contributed by atoms with Crippen LogP contribution in [0.5, 0.6) is 0 Å². The van der Waals surface area contributed by atoms with Crippen LogP contribution in [0.4, 0.5) is 5.69 Å². The van der Waals surface area contributed by atoms with Crippen molar-refractivity contribution in [3.05, 3.63) is 95.1 Å². The van der Waals surface area contributed by atoms with E-state index in [0.717, 1.165) is 23.1 Å². The van der Waals surface area contributed by atoms with E-state index >= 15 is 0 Å². The number of hydrogen-bond donors (Lipinski definition) is 2. The predicted octanol–water partition coefficient (Wildman–Crippen LogP) is 5.62. The molecule has 0 aliphatic carbocycles. The summed E-state index contributed by atoms with van der Waals surface area (Å²) in [4.78, 5) is 13.2. The fourth-order valence-electron chi connectivity index (χ4n) is 3.47. The quantitative estimate of drug-likeness (QED) is 0.468. The zero-order valence-corrected chi connectivity index (χ0v) is 19.7. The molecular formula is C26H30N2O3S. The molecule has 0 saturated heterocycles. The van der Waals surface area contributed by atoms with Gasteiger partial charge in [0.25, 0.3) is 15.9 Å². The molecule has 2 N–H and O–H groups in total. The summed E-state index contributed by atoms with van der Waals surface area (Å²) in [6.45, 7) is 7.94. The molecule has 3 aromatic carbocycles. The Morgan fingerprint density at radius 3 is 2.19 bits per heavy atom. The molecule has 32 heavy (non-hydrogen) atoms. The molecule has 0 aliphatic rings. The normalized spacial score (nSPS) is 12.4. The van der Waals surface area contributed by atoms with Crippen LogP contribution in [-0.2, 0) is 10.0 Å². The van der Waals surface area contributed by atoms with Crippen LogP contribution < -0.4 is 10.0 Å². The highest BCUT2D eigenvalue weighted by molar-refractivity contribution is 7.92. The number of rotatable bonds is 8. The average molecular weight is 451 g/mol. The second-order valence-electron chi connectivity index (χ2n) is 8.51. The van der Waals surface area contributed by atoms with E-state index in [4.69, 9.17) is 0 Å². The second kappa shape index (κ2) is 10.0. The van der Waals surface area contributed by atoms with Gasteiger partial charge < -0.3 is 5.32 Å². The van der Waals surface area contributed by atoms with Crippen LogP contribution in [0.3, 0.4) is 0 Å². The molecule has 1 amide bonds. The van der Waals surface area contributed by atoms with Crippen LogP contribution in [0.15, 0.2) is 77.7 Å². The van der Waals surface area contributed by atoms with Crippen molar-refractivity contribution in [3.63, 3.8) is 0 Å². The molecule has 0 aliphatic heterocycles. The Kier molecular flexibility index (Phi) is 7.36. The summed E-state index contributed by atoms with van der Waals surface area (Å²) in [5.74, 6) is 0.158. The fraction of sp³-hybridized carbons (Fsp3) is 0.269. The molecule has 0 bridgehead atoms. The number of benzene rings is 3. The molecule has 6 heteroatoms. The highest BCUT2D eigenvalue weighted by Crippen LogP contribution is 2.24. The lowest BCUT2D eigenvalue weighted by molar-refractivity contribution is 0.0932. The molecule has 5 nitrogen and oxygen atoms in total. The van der Waals surface area contributed by atoms with Gasteiger partial charge >= 0.3 is 0 Å². The maximum Gasteiger partial charge on any atom is 0.261 e. The Morgan fingerprint density at radius 1 is 0.906 bits per heavy atom. The standard InChI is InChI=1S/C26H30N2O3S/c1-18(2)16-25(21-8-6-5-7-9-21)27-26(29)22-13-12-20(4)24(17-22)28-32(30,31)23-14-10-19(3)11-15-23/h5-15,17-18,25,28H,16H2,1-4H3,(H,27,29)/t25-/m0/s1. The van der Waals surface area contributed by atoms with Crippen molar-refractivity contribution in [2.24, 2.45) is 5.92 Å². The lowest BCUT2D eigenvalue weighted by Crippen LogP contribution is -2.29. The zero-order valence-electron chi connectivity index (χ0n) is 18.9. The lowest BCUT2D eigenvalue weighted by Gasteiger charge is -2.21. The Balaban J connectivity index is 1.83. The van der Waals surface area contributed by atoms with Gasteiger partial charge in [0.05, 0.1) is 16.6 Å². The first-order valence-electron chi connectivity index (χ1n) is 10.7. The van der Waals surface area contributed by atoms with Gasteiger partial charge in [0.15, 0.2) is 0 Å². The van der Waals surface area contributed by atoms with Crippen molar-refractivity contribution in [1.82, 2.24) is 5.32 Å². The number of carbonyl (C=O) groups is 1. The van der Waals surface area contributed by atoms with Gasteiger partial charge in [-0.1, -0.05) is 67.9 Å². The van der Waals surface area contributed by atoms with Crippen molar-refractivity contribution in [2.45, 2.75) is 45.1 Å². The van der Waals surface area contributed by atoms with Gasteiger partial charge in [0.2, 0.25) is 0 Å². The van der Waals surface area contributed by atoms with Gasteiger partial charge in [-0.05, 0) is 61.6 Å². The zero-order chi connectivity index (χ0) is 23.3. The molecule has 0 aromatic heterocycles. The first kappa shape index (κ1) is 23.5. The third-order valence-electron chi connectivity index (χ3n) is 5.29. The first-order chi connectivity index (χ1) is 15.2. The summed E-state index contributed by atoms with van der Waals surface area (Å²) < 4.78 is 28.3. The van der Waals surface area contributed by atoms with E-state index in [9.17, 15) is 13.2 Å². The van der Waals surface area contributed by atoms with Crippen LogP contribution in [0, 0.1) is 19.8 Å². The number of nitrogens with one attached hydrogen (secondary N) is 2. The molecule has 1 atom stereocenters. The van der Waals surface area contributed by atoms with E-state index in [2.05, 4.69) is 23.9 Å². The monoisotopic (exact) mass is 450 g/mol. The lowest BCUT2D eigenvalue weighted by atomic mass is 9.96. The first-order valence-corrected chi connectivity index (χ1v) is 12.2. The fourth-order valence-corrected chi connectivity index (χ4v) is 4.59.